The van der Waals surface area contributed by atoms with Crippen LogP contribution in [0, 0.1) is 18.2 Å². The van der Waals surface area contributed by atoms with Gasteiger partial charge in [-0.15, -0.1) is 0 Å². The number of aromatic nitrogens is 1. The van der Waals surface area contributed by atoms with E-state index in [1.165, 1.54) is 6.07 Å². The van der Waals surface area contributed by atoms with Crippen LogP contribution in [0.2, 0.25) is 0 Å². The van der Waals surface area contributed by atoms with Gasteiger partial charge in [0, 0.05) is 23.2 Å². The second-order valence-corrected chi connectivity index (χ2v) is 9.65. The summed E-state index contributed by atoms with van der Waals surface area (Å²) in [4.78, 5) is 15.8. The standard InChI is InChI=1S/C28H32FNO4/c1-18-6-9-22(14-19(18)7-13-27(31)32)34-17-20-8-11-23(26(30-20)16-28(2,3)4)24-15-21(33-5)10-12-25(24)29/h6,8-12,14-15H,7,13,16-17H2,1-5H3,(H,31,32). The number of benzene rings is 2. The number of pyridine rings is 1. The van der Waals surface area contributed by atoms with Crippen molar-refractivity contribution in [3.05, 3.63) is 76.9 Å². The lowest BCUT2D eigenvalue weighted by atomic mass is 9.87. The average Bonchev–Trinajstić information content (AvgIpc) is 2.77. The summed E-state index contributed by atoms with van der Waals surface area (Å²) in [5, 5.41) is 8.97. The fourth-order valence-corrected chi connectivity index (χ4v) is 3.75. The summed E-state index contributed by atoms with van der Waals surface area (Å²) in [6.45, 7) is 8.56. The normalized spacial score (nSPS) is 11.4. The van der Waals surface area contributed by atoms with Gasteiger partial charge in [-0.2, -0.15) is 0 Å². The minimum atomic E-state index is -0.825. The van der Waals surface area contributed by atoms with Crippen LogP contribution in [0.3, 0.4) is 0 Å². The van der Waals surface area contributed by atoms with Gasteiger partial charge in [0.2, 0.25) is 0 Å². The van der Waals surface area contributed by atoms with Crippen molar-refractivity contribution in [1.29, 1.82) is 0 Å². The molecule has 0 amide bonds. The molecule has 0 saturated carbocycles. The maximum atomic E-state index is 14.7. The Kier molecular flexibility index (Phi) is 7.92. The van der Waals surface area contributed by atoms with E-state index >= 15 is 0 Å². The summed E-state index contributed by atoms with van der Waals surface area (Å²) in [7, 11) is 1.56. The Balaban J connectivity index is 1.87. The molecule has 3 rings (SSSR count). The first kappa shape index (κ1) is 25.2. The zero-order chi connectivity index (χ0) is 24.9. The molecule has 180 valence electrons. The Bertz CT molecular complexity index is 1170. The zero-order valence-corrected chi connectivity index (χ0v) is 20.4. The van der Waals surface area contributed by atoms with Gasteiger partial charge in [0.05, 0.1) is 12.8 Å². The Morgan fingerprint density at radius 2 is 1.76 bits per heavy atom. The van der Waals surface area contributed by atoms with Crippen molar-refractivity contribution in [3.63, 3.8) is 0 Å². The molecule has 2 aromatic carbocycles. The van der Waals surface area contributed by atoms with E-state index in [0.717, 1.165) is 28.1 Å². The summed E-state index contributed by atoms with van der Waals surface area (Å²) in [5.41, 5.74) is 4.66. The predicted octanol–water partition coefficient (Wildman–Crippen LogP) is 6.39. The van der Waals surface area contributed by atoms with Crippen molar-refractivity contribution < 1.29 is 23.8 Å². The minimum Gasteiger partial charge on any atom is -0.497 e. The van der Waals surface area contributed by atoms with Gasteiger partial charge in [0.25, 0.3) is 0 Å². The number of carboxylic acid groups (broad SMARTS) is 1. The summed E-state index contributed by atoms with van der Waals surface area (Å²) in [6.07, 6.45) is 1.19. The van der Waals surface area contributed by atoms with Crippen molar-refractivity contribution in [3.8, 4) is 22.6 Å². The molecule has 0 fully saturated rings. The predicted molar refractivity (Wildman–Crippen MR) is 131 cm³/mol. The van der Waals surface area contributed by atoms with Crippen molar-refractivity contribution in [1.82, 2.24) is 4.98 Å². The highest BCUT2D eigenvalue weighted by Crippen LogP contribution is 2.33. The number of methoxy groups -OCH3 is 1. The largest absolute Gasteiger partial charge is 0.497 e. The van der Waals surface area contributed by atoms with Gasteiger partial charge in [-0.1, -0.05) is 32.9 Å². The monoisotopic (exact) mass is 465 g/mol. The number of carbonyl (C=O) groups is 1. The summed E-state index contributed by atoms with van der Waals surface area (Å²) in [6, 6.07) is 14.1. The number of aliphatic carboxylic acids is 1. The molecule has 6 heteroatoms. The summed E-state index contributed by atoms with van der Waals surface area (Å²) in [5.74, 6) is 0.0980. The molecule has 0 unspecified atom stereocenters. The fraction of sp³-hybridized carbons (Fsp3) is 0.357. The first-order chi connectivity index (χ1) is 16.1. The number of aryl methyl sites for hydroxylation is 2. The average molecular weight is 466 g/mol. The molecule has 0 aliphatic heterocycles. The highest BCUT2D eigenvalue weighted by atomic mass is 19.1. The molecule has 3 aromatic rings. The quantitative estimate of drug-likeness (QED) is 0.397. The van der Waals surface area contributed by atoms with Crippen LogP contribution in [0.4, 0.5) is 4.39 Å². The molecule has 0 aliphatic carbocycles. The maximum absolute atomic E-state index is 14.7. The maximum Gasteiger partial charge on any atom is 0.303 e. The van der Waals surface area contributed by atoms with Crippen molar-refractivity contribution in [2.45, 2.75) is 53.6 Å². The Morgan fingerprint density at radius 1 is 1.03 bits per heavy atom. The Hall–Kier alpha value is -3.41. The van der Waals surface area contributed by atoms with Crippen LogP contribution in [-0.4, -0.2) is 23.2 Å². The number of rotatable bonds is 9. The number of hydrogen-bond donors (Lipinski definition) is 1. The summed E-state index contributed by atoms with van der Waals surface area (Å²) < 4.78 is 26.0. The fourth-order valence-electron chi connectivity index (χ4n) is 3.75. The van der Waals surface area contributed by atoms with Gasteiger partial charge in [-0.05, 0) is 72.7 Å². The number of hydrogen-bond acceptors (Lipinski definition) is 4. The van der Waals surface area contributed by atoms with Crippen LogP contribution in [0.25, 0.3) is 11.1 Å². The lowest BCUT2D eigenvalue weighted by molar-refractivity contribution is -0.136. The van der Waals surface area contributed by atoms with Gasteiger partial charge < -0.3 is 14.6 Å². The van der Waals surface area contributed by atoms with E-state index in [2.05, 4.69) is 20.8 Å². The van der Waals surface area contributed by atoms with Crippen LogP contribution in [0.1, 0.15) is 49.7 Å². The number of ether oxygens (including phenoxy) is 2. The van der Waals surface area contributed by atoms with E-state index in [-0.39, 0.29) is 24.3 Å². The van der Waals surface area contributed by atoms with E-state index in [4.69, 9.17) is 19.6 Å². The second kappa shape index (κ2) is 10.7. The first-order valence-electron chi connectivity index (χ1n) is 11.3. The van der Waals surface area contributed by atoms with Crippen LogP contribution >= 0.6 is 0 Å². The van der Waals surface area contributed by atoms with Crippen LogP contribution in [0.5, 0.6) is 11.5 Å². The molecular weight excluding hydrogens is 433 g/mol. The lowest BCUT2D eigenvalue weighted by Gasteiger charge is -2.21. The second-order valence-electron chi connectivity index (χ2n) is 9.65. The SMILES string of the molecule is COc1ccc(F)c(-c2ccc(COc3ccc(C)c(CCC(=O)O)c3)nc2CC(C)(C)C)c1. The van der Waals surface area contributed by atoms with Gasteiger partial charge in [0.15, 0.2) is 0 Å². The van der Waals surface area contributed by atoms with Gasteiger partial charge in [0.1, 0.15) is 23.9 Å². The third kappa shape index (κ3) is 6.80. The van der Waals surface area contributed by atoms with Gasteiger partial charge in [-0.25, -0.2) is 4.39 Å². The molecule has 1 heterocycles. The third-order valence-corrected chi connectivity index (χ3v) is 5.51. The molecule has 0 bridgehead atoms. The van der Waals surface area contributed by atoms with Crippen molar-refractivity contribution >= 4 is 5.97 Å². The highest BCUT2D eigenvalue weighted by Gasteiger charge is 2.19. The highest BCUT2D eigenvalue weighted by molar-refractivity contribution is 5.68. The van der Waals surface area contributed by atoms with Gasteiger partial charge in [-0.3, -0.25) is 9.78 Å². The number of halogens is 1. The third-order valence-electron chi connectivity index (χ3n) is 5.51. The molecular formula is C28H32FNO4. The van der Waals surface area contributed by atoms with Crippen LogP contribution in [0.15, 0.2) is 48.5 Å². The van der Waals surface area contributed by atoms with E-state index < -0.39 is 5.97 Å². The smallest absolute Gasteiger partial charge is 0.303 e. The Morgan fingerprint density at radius 3 is 2.44 bits per heavy atom. The van der Waals surface area contributed by atoms with Crippen molar-refractivity contribution in [2.24, 2.45) is 5.41 Å². The van der Waals surface area contributed by atoms with E-state index in [1.54, 1.807) is 19.2 Å². The zero-order valence-electron chi connectivity index (χ0n) is 20.4. The lowest BCUT2D eigenvalue weighted by Crippen LogP contribution is -2.13. The number of carboxylic acids is 1. The van der Waals surface area contributed by atoms with Gasteiger partial charge >= 0.3 is 5.97 Å². The molecule has 1 N–H and O–H groups in total. The topological polar surface area (TPSA) is 68.7 Å². The summed E-state index contributed by atoms with van der Waals surface area (Å²) >= 11 is 0. The van der Waals surface area contributed by atoms with E-state index in [1.807, 2.05) is 37.3 Å². The van der Waals surface area contributed by atoms with Crippen LogP contribution in [-0.2, 0) is 24.2 Å². The molecule has 0 atom stereocenters. The molecule has 0 spiro atoms. The molecule has 0 aliphatic rings. The molecule has 1 aromatic heterocycles. The molecule has 34 heavy (non-hydrogen) atoms. The Labute approximate surface area is 200 Å². The van der Waals surface area contributed by atoms with E-state index in [0.29, 0.717) is 29.9 Å². The molecule has 5 nitrogen and oxygen atoms in total. The van der Waals surface area contributed by atoms with Crippen LogP contribution < -0.4 is 9.47 Å². The molecule has 0 radical (unpaired) electrons. The van der Waals surface area contributed by atoms with Crippen molar-refractivity contribution in [2.75, 3.05) is 7.11 Å². The molecule has 0 saturated heterocycles. The number of nitrogens with zero attached hydrogens (tertiary/aromatic N) is 1. The van der Waals surface area contributed by atoms with E-state index in [9.17, 15) is 9.18 Å². The first-order valence-corrected chi connectivity index (χ1v) is 11.3. The minimum absolute atomic E-state index is 0.0490.